The zero-order valence-electron chi connectivity index (χ0n) is 19.6. The summed E-state index contributed by atoms with van der Waals surface area (Å²) in [4.78, 5) is 43.0. The van der Waals surface area contributed by atoms with Crippen molar-refractivity contribution in [1.29, 1.82) is 0 Å². The van der Waals surface area contributed by atoms with E-state index in [4.69, 9.17) is 16.3 Å². The van der Waals surface area contributed by atoms with Crippen LogP contribution in [0.5, 0.6) is 5.75 Å². The minimum Gasteiger partial charge on any atom is -0.494 e. The van der Waals surface area contributed by atoms with Gasteiger partial charge in [-0.15, -0.1) is 0 Å². The first kappa shape index (κ1) is 23.6. The van der Waals surface area contributed by atoms with E-state index in [-0.39, 0.29) is 30.8 Å². The molecule has 6 nitrogen and oxygen atoms in total. The lowest BCUT2D eigenvalue weighted by Gasteiger charge is -2.30. The van der Waals surface area contributed by atoms with Crippen LogP contribution in [0.2, 0.25) is 5.02 Å². The fourth-order valence-electron chi connectivity index (χ4n) is 4.50. The Morgan fingerprint density at radius 1 is 0.861 bits per heavy atom. The Balaban J connectivity index is 1.47. The van der Waals surface area contributed by atoms with Gasteiger partial charge in [0.05, 0.1) is 17.2 Å². The van der Waals surface area contributed by atoms with Crippen LogP contribution in [0.1, 0.15) is 38.0 Å². The van der Waals surface area contributed by atoms with Crippen LogP contribution in [0.25, 0.3) is 10.8 Å². The van der Waals surface area contributed by atoms with Crippen molar-refractivity contribution < 1.29 is 19.1 Å². The summed E-state index contributed by atoms with van der Waals surface area (Å²) in [5.74, 6) is -0.399. The standard InChI is InChI=1S/C29H23ClN2O4/c1-2-36-21-15-13-20(14-16-21)31(27(33)22-9-3-4-12-25(22)30)17-18-32-28(34)23-10-5-7-19-8-6-11-24(26(19)23)29(32)35/h3-16H,2,17-18H2,1H3. The molecular weight excluding hydrogens is 476 g/mol. The normalized spacial score (nSPS) is 12.7. The Morgan fingerprint density at radius 3 is 2.11 bits per heavy atom. The average molecular weight is 499 g/mol. The number of carbonyl (C=O) groups excluding carboxylic acids is 3. The van der Waals surface area contributed by atoms with Gasteiger partial charge in [-0.25, -0.2) is 0 Å². The van der Waals surface area contributed by atoms with Crippen molar-refractivity contribution in [3.63, 3.8) is 0 Å². The van der Waals surface area contributed by atoms with E-state index in [0.717, 1.165) is 5.39 Å². The maximum Gasteiger partial charge on any atom is 0.261 e. The number of benzene rings is 4. The molecule has 4 aromatic carbocycles. The second-order valence-corrected chi connectivity index (χ2v) is 8.74. The predicted molar refractivity (Wildman–Crippen MR) is 140 cm³/mol. The molecule has 180 valence electrons. The van der Waals surface area contributed by atoms with Crippen LogP contribution in [0, 0.1) is 0 Å². The van der Waals surface area contributed by atoms with Crippen molar-refractivity contribution >= 4 is 45.8 Å². The number of anilines is 1. The molecule has 0 fully saturated rings. The third-order valence-electron chi connectivity index (χ3n) is 6.21. The van der Waals surface area contributed by atoms with Gasteiger partial charge in [0.15, 0.2) is 0 Å². The summed E-state index contributed by atoms with van der Waals surface area (Å²) in [5, 5.41) is 1.84. The summed E-state index contributed by atoms with van der Waals surface area (Å²) in [5.41, 5.74) is 1.89. The Bertz CT molecular complexity index is 1430. The molecule has 0 atom stereocenters. The molecule has 0 radical (unpaired) electrons. The van der Waals surface area contributed by atoms with Gasteiger partial charge in [0.1, 0.15) is 5.75 Å². The lowest BCUT2D eigenvalue weighted by molar-refractivity contribution is 0.0611. The molecule has 0 saturated heterocycles. The summed E-state index contributed by atoms with van der Waals surface area (Å²) in [6.07, 6.45) is 0. The fourth-order valence-corrected chi connectivity index (χ4v) is 4.72. The molecule has 0 unspecified atom stereocenters. The van der Waals surface area contributed by atoms with Crippen molar-refractivity contribution in [3.8, 4) is 5.75 Å². The van der Waals surface area contributed by atoms with Crippen LogP contribution in [-0.4, -0.2) is 42.3 Å². The number of amides is 3. The molecule has 1 aliphatic rings. The van der Waals surface area contributed by atoms with E-state index in [1.165, 1.54) is 9.80 Å². The number of rotatable bonds is 7. The lowest BCUT2D eigenvalue weighted by atomic mass is 9.94. The lowest BCUT2D eigenvalue weighted by Crippen LogP contribution is -2.46. The van der Waals surface area contributed by atoms with Crippen LogP contribution in [0.4, 0.5) is 5.69 Å². The monoisotopic (exact) mass is 498 g/mol. The predicted octanol–water partition coefficient (Wildman–Crippen LogP) is 5.83. The van der Waals surface area contributed by atoms with Crippen molar-refractivity contribution in [2.45, 2.75) is 6.92 Å². The molecule has 0 aromatic heterocycles. The Kier molecular flexibility index (Phi) is 6.44. The summed E-state index contributed by atoms with van der Waals surface area (Å²) < 4.78 is 5.53. The largest absolute Gasteiger partial charge is 0.494 e. The molecule has 36 heavy (non-hydrogen) atoms. The van der Waals surface area contributed by atoms with Gasteiger partial charge in [-0.2, -0.15) is 0 Å². The first-order valence-electron chi connectivity index (χ1n) is 11.7. The molecule has 5 rings (SSSR count). The van der Waals surface area contributed by atoms with Crippen molar-refractivity contribution in [2.75, 3.05) is 24.6 Å². The molecule has 1 heterocycles. The molecule has 0 saturated carbocycles. The molecule has 0 aliphatic carbocycles. The van der Waals surface area contributed by atoms with Crippen molar-refractivity contribution in [3.05, 3.63) is 107 Å². The van der Waals surface area contributed by atoms with Crippen LogP contribution in [0.3, 0.4) is 0 Å². The third kappa shape index (κ3) is 4.20. The van der Waals surface area contributed by atoms with Gasteiger partial charge >= 0.3 is 0 Å². The molecule has 4 aromatic rings. The zero-order valence-corrected chi connectivity index (χ0v) is 20.4. The summed E-state index contributed by atoms with van der Waals surface area (Å²) >= 11 is 6.33. The Morgan fingerprint density at radius 2 is 1.50 bits per heavy atom. The number of halogens is 1. The van der Waals surface area contributed by atoms with Gasteiger partial charge in [0, 0.05) is 35.3 Å². The Labute approximate surface area is 213 Å². The fraction of sp³-hybridized carbons (Fsp3) is 0.138. The van der Waals surface area contributed by atoms with Gasteiger partial charge in [-0.3, -0.25) is 19.3 Å². The number of ether oxygens (including phenoxy) is 1. The Hall–Kier alpha value is -4.16. The maximum absolute atomic E-state index is 13.6. The molecule has 1 aliphatic heterocycles. The SMILES string of the molecule is CCOc1ccc(N(CCN2C(=O)c3cccc4cccc(c34)C2=O)C(=O)c2ccccc2Cl)cc1. The van der Waals surface area contributed by atoms with Crippen LogP contribution >= 0.6 is 11.6 Å². The number of carbonyl (C=O) groups is 3. The van der Waals surface area contributed by atoms with Crippen molar-refractivity contribution in [1.82, 2.24) is 4.90 Å². The van der Waals surface area contributed by atoms with E-state index in [0.29, 0.717) is 45.1 Å². The summed E-state index contributed by atoms with van der Waals surface area (Å²) in [7, 11) is 0. The van der Waals surface area contributed by atoms with E-state index < -0.39 is 0 Å². The molecule has 3 amide bonds. The molecule has 0 bridgehead atoms. The number of nitrogens with zero attached hydrogens (tertiary/aromatic N) is 2. The van der Waals surface area contributed by atoms with Crippen LogP contribution in [-0.2, 0) is 0 Å². The van der Waals surface area contributed by atoms with Gasteiger partial charge in [0.25, 0.3) is 17.7 Å². The quantitative estimate of drug-likeness (QED) is 0.300. The highest BCUT2D eigenvalue weighted by Gasteiger charge is 2.33. The number of hydrogen-bond acceptors (Lipinski definition) is 4. The third-order valence-corrected chi connectivity index (χ3v) is 6.54. The minimum atomic E-state index is -0.374. The van der Waals surface area contributed by atoms with E-state index in [2.05, 4.69) is 0 Å². The van der Waals surface area contributed by atoms with Crippen molar-refractivity contribution in [2.24, 2.45) is 0 Å². The molecular formula is C29H23ClN2O4. The van der Waals surface area contributed by atoms with Crippen LogP contribution in [0.15, 0.2) is 84.9 Å². The summed E-state index contributed by atoms with van der Waals surface area (Å²) in [6, 6.07) is 24.7. The smallest absolute Gasteiger partial charge is 0.261 e. The highest BCUT2D eigenvalue weighted by Crippen LogP contribution is 2.30. The maximum atomic E-state index is 13.6. The topological polar surface area (TPSA) is 66.9 Å². The molecule has 0 spiro atoms. The molecule has 0 N–H and O–H groups in total. The first-order valence-corrected chi connectivity index (χ1v) is 12.0. The highest BCUT2D eigenvalue weighted by atomic mass is 35.5. The molecule has 7 heteroatoms. The van der Waals surface area contributed by atoms with E-state index in [9.17, 15) is 14.4 Å². The van der Waals surface area contributed by atoms with E-state index in [1.54, 1.807) is 72.8 Å². The zero-order chi connectivity index (χ0) is 25.2. The minimum absolute atomic E-state index is 0.0196. The highest BCUT2D eigenvalue weighted by molar-refractivity contribution is 6.34. The van der Waals surface area contributed by atoms with Gasteiger partial charge < -0.3 is 9.64 Å². The van der Waals surface area contributed by atoms with Crippen LogP contribution < -0.4 is 9.64 Å². The van der Waals surface area contributed by atoms with E-state index in [1.807, 2.05) is 19.1 Å². The summed E-state index contributed by atoms with van der Waals surface area (Å²) in [6.45, 7) is 2.53. The second kappa shape index (κ2) is 9.84. The van der Waals surface area contributed by atoms with Gasteiger partial charge in [-0.1, -0.05) is 48.0 Å². The average Bonchev–Trinajstić information content (AvgIpc) is 2.90. The van der Waals surface area contributed by atoms with Gasteiger partial charge in [0.2, 0.25) is 0 Å². The van der Waals surface area contributed by atoms with Gasteiger partial charge in [-0.05, 0) is 60.8 Å². The number of imide groups is 1. The van der Waals surface area contributed by atoms with E-state index >= 15 is 0 Å². The first-order chi connectivity index (χ1) is 17.5. The number of hydrogen-bond donors (Lipinski definition) is 0. The second-order valence-electron chi connectivity index (χ2n) is 8.33.